The summed E-state index contributed by atoms with van der Waals surface area (Å²) in [7, 11) is 1.71. The third-order valence-electron chi connectivity index (χ3n) is 2.86. The largest absolute Gasteiger partial charge is 0.383 e. The van der Waals surface area contributed by atoms with E-state index in [1.807, 2.05) is 6.07 Å². The van der Waals surface area contributed by atoms with Crippen LogP contribution in [-0.2, 0) is 4.74 Å². The molecule has 1 aromatic carbocycles. The molecule has 0 radical (unpaired) electrons. The minimum absolute atomic E-state index is 0.163. The second-order valence-electron chi connectivity index (χ2n) is 4.00. The van der Waals surface area contributed by atoms with Crippen molar-refractivity contribution in [3.8, 4) is 0 Å². The first-order chi connectivity index (χ1) is 7.29. The molecule has 0 aromatic heterocycles. The first-order valence-corrected chi connectivity index (χ1v) is 5.30. The van der Waals surface area contributed by atoms with Crippen LogP contribution in [0.25, 0.3) is 0 Å². The Kier molecular flexibility index (Phi) is 3.34. The molecule has 2 atom stereocenters. The Bertz CT molecular complexity index is 329. The molecule has 2 nitrogen and oxygen atoms in total. The van der Waals surface area contributed by atoms with Crippen LogP contribution in [0.4, 0.5) is 4.39 Å². The highest BCUT2D eigenvalue weighted by Crippen LogP contribution is 2.26. The lowest BCUT2D eigenvalue weighted by molar-refractivity contribution is 0.172. The lowest BCUT2D eigenvalue weighted by atomic mass is 10.1. The highest BCUT2D eigenvalue weighted by atomic mass is 19.1. The minimum atomic E-state index is -0.163. The molecule has 0 amide bonds. The van der Waals surface area contributed by atoms with Gasteiger partial charge >= 0.3 is 0 Å². The summed E-state index contributed by atoms with van der Waals surface area (Å²) in [5.41, 5.74) is 1.04. The quantitative estimate of drug-likeness (QED) is 0.824. The van der Waals surface area contributed by atoms with Crippen LogP contribution in [0.15, 0.2) is 24.3 Å². The van der Waals surface area contributed by atoms with E-state index in [2.05, 4.69) is 5.32 Å². The molecule has 1 aromatic rings. The van der Waals surface area contributed by atoms with Gasteiger partial charge in [0.2, 0.25) is 0 Å². The molecule has 1 saturated heterocycles. The molecular formula is C12H16FNO. The van der Waals surface area contributed by atoms with Gasteiger partial charge < -0.3 is 10.1 Å². The van der Waals surface area contributed by atoms with E-state index in [0.717, 1.165) is 25.0 Å². The maximum Gasteiger partial charge on any atom is 0.123 e. The fourth-order valence-electron chi connectivity index (χ4n) is 2.14. The van der Waals surface area contributed by atoms with Gasteiger partial charge in [-0.3, -0.25) is 0 Å². The fourth-order valence-corrected chi connectivity index (χ4v) is 2.14. The van der Waals surface area contributed by atoms with Gasteiger partial charge in [0.25, 0.3) is 0 Å². The predicted molar refractivity (Wildman–Crippen MR) is 57.2 cm³/mol. The van der Waals surface area contributed by atoms with Gasteiger partial charge in [-0.15, -0.1) is 0 Å². The van der Waals surface area contributed by atoms with Crippen LogP contribution in [0.1, 0.15) is 24.4 Å². The molecule has 82 valence electrons. The molecule has 1 N–H and O–H groups in total. The average Bonchev–Trinajstić information content (AvgIpc) is 2.67. The van der Waals surface area contributed by atoms with Crippen LogP contribution in [0.2, 0.25) is 0 Å². The maximum absolute atomic E-state index is 13.0. The van der Waals surface area contributed by atoms with E-state index in [0.29, 0.717) is 6.04 Å². The summed E-state index contributed by atoms with van der Waals surface area (Å²) in [5.74, 6) is -0.163. The van der Waals surface area contributed by atoms with Crippen LogP contribution < -0.4 is 5.32 Å². The Morgan fingerprint density at radius 3 is 3.07 bits per heavy atom. The standard InChI is InChI=1S/C12H16FNO/c1-15-8-11-5-6-12(14-11)9-3-2-4-10(13)7-9/h2-4,7,11-12,14H,5-6,8H2,1H3. The van der Waals surface area contributed by atoms with E-state index in [9.17, 15) is 4.39 Å². The molecule has 0 spiro atoms. The molecule has 0 aliphatic carbocycles. The van der Waals surface area contributed by atoms with Crippen LogP contribution in [-0.4, -0.2) is 19.8 Å². The van der Waals surface area contributed by atoms with Gasteiger partial charge in [-0.1, -0.05) is 12.1 Å². The van der Waals surface area contributed by atoms with Crippen molar-refractivity contribution in [2.45, 2.75) is 24.9 Å². The van der Waals surface area contributed by atoms with Gasteiger partial charge in [-0.2, -0.15) is 0 Å². The molecule has 3 heteroatoms. The Morgan fingerprint density at radius 1 is 1.47 bits per heavy atom. The first-order valence-electron chi connectivity index (χ1n) is 5.30. The first kappa shape index (κ1) is 10.6. The summed E-state index contributed by atoms with van der Waals surface area (Å²) in [4.78, 5) is 0. The van der Waals surface area contributed by atoms with Crippen molar-refractivity contribution in [2.75, 3.05) is 13.7 Å². The molecule has 0 bridgehead atoms. The Balaban J connectivity index is 2.01. The zero-order valence-electron chi connectivity index (χ0n) is 8.87. The second-order valence-corrected chi connectivity index (χ2v) is 4.00. The van der Waals surface area contributed by atoms with Gasteiger partial charge in [-0.05, 0) is 30.5 Å². The Morgan fingerprint density at radius 2 is 2.33 bits per heavy atom. The van der Waals surface area contributed by atoms with E-state index in [1.54, 1.807) is 19.2 Å². The predicted octanol–water partition coefficient (Wildman–Crippen LogP) is 2.27. The third-order valence-corrected chi connectivity index (χ3v) is 2.86. The minimum Gasteiger partial charge on any atom is -0.383 e. The number of hydrogen-bond acceptors (Lipinski definition) is 2. The van der Waals surface area contributed by atoms with E-state index in [4.69, 9.17) is 4.74 Å². The highest BCUT2D eigenvalue weighted by molar-refractivity contribution is 5.21. The van der Waals surface area contributed by atoms with Crippen molar-refractivity contribution >= 4 is 0 Å². The number of nitrogens with one attached hydrogen (secondary N) is 1. The fraction of sp³-hybridized carbons (Fsp3) is 0.500. The number of methoxy groups -OCH3 is 1. The molecule has 1 aliphatic rings. The number of benzene rings is 1. The molecule has 15 heavy (non-hydrogen) atoms. The molecule has 2 unspecified atom stereocenters. The molecule has 1 fully saturated rings. The van der Waals surface area contributed by atoms with E-state index >= 15 is 0 Å². The van der Waals surface area contributed by atoms with E-state index < -0.39 is 0 Å². The Hall–Kier alpha value is -0.930. The van der Waals surface area contributed by atoms with Crippen LogP contribution in [0.3, 0.4) is 0 Å². The summed E-state index contributed by atoms with van der Waals surface area (Å²) in [6, 6.07) is 7.49. The van der Waals surface area contributed by atoms with Gasteiger partial charge in [-0.25, -0.2) is 4.39 Å². The number of halogens is 1. The molecule has 1 aliphatic heterocycles. The molecule has 1 heterocycles. The molecule has 2 rings (SSSR count). The summed E-state index contributed by atoms with van der Waals surface area (Å²) >= 11 is 0. The topological polar surface area (TPSA) is 21.3 Å². The van der Waals surface area contributed by atoms with Crippen LogP contribution in [0.5, 0.6) is 0 Å². The smallest absolute Gasteiger partial charge is 0.123 e. The van der Waals surface area contributed by atoms with Gasteiger partial charge in [0.15, 0.2) is 0 Å². The maximum atomic E-state index is 13.0. The summed E-state index contributed by atoms with van der Waals surface area (Å²) < 4.78 is 18.1. The zero-order chi connectivity index (χ0) is 10.7. The number of ether oxygens (including phenoxy) is 1. The normalized spacial score (nSPS) is 25.7. The van der Waals surface area contributed by atoms with Gasteiger partial charge in [0, 0.05) is 19.2 Å². The number of hydrogen-bond donors (Lipinski definition) is 1. The van der Waals surface area contributed by atoms with Gasteiger partial charge in [0.05, 0.1) is 6.61 Å². The van der Waals surface area contributed by atoms with Crippen molar-refractivity contribution in [3.05, 3.63) is 35.6 Å². The van der Waals surface area contributed by atoms with E-state index in [-0.39, 0.29) is 11.9 Å². The van der Waals surface area contributed by atoms with E-state index in [1.165, 1.54) is 6.07 Å². The third kappa shape index (κ3) is 2.55. The zero-order valence-corrected chi connectivity index (χ0v) is 8.87. The van der Waals surface area contributed by atoms with Crippen molar-refractivity contribution in [2.24, 2.45) is 0 Å². The molecular weight excluding hydrogens is 193 g/mol. The lowest BCUT2D eigenvalue weighted by Crippen LogP contribution is -2.28. The second kappa shape index (κ2) is 4.73. The van der Waals surface area contributed by atoms with Crippen molar-refractivity contribution in [1.29, 1.82) is 0 Å². The van der Waals surface area contributed by atoms with Crippen LogP contribution >= 0.6 is 0 Å². The SMILES string of the molecule is COCC1CCC(c2cccc(F)c2)N1. The van der Waals surface area contributed by atoms with Crippen LogP contribution in [0, 0.1) is 5.82 Å². The summed E-state index contributed by atoms with van der Waals surface area (Å²) in [5, 5.41) is 3.44. The average molecular weight is 209 g/mol. The Labute approximate surface area is 89.4 Å². The monoisotopic (exact) mass is 209 g/mol. The van der Waals surface area contributed by atoms with Crippen molar-refractivity contribution < 1.29 is 9.13 Å². The van der Waals surface area contributed by atoms with Crippen molar-refractivity contribution in [3.63, 3.8) is 0 Å². The molecule has 0 saturated carbocycles. The highest BCUT2D eigenvalue weighted by Gasteiger charge is 2.24. The lowest BCUT2D eigenvalue weighted by Gasteiger charge is -2.13. The van der Waals surface area contributed by atoms with Gasteiger partial charge in [0.1, 0.15) is 5.82 Å². The summed E-state index contributed by atoms with van der Waals surface area (Å²) in [6.45, 7) is 0.728. The van der Waals surface area contributed by atoms with Crippen molar-refractivity contribution in [1.82, 2.24) is 5.32 Å². The number of rotatable bonds is 3. The summed E-state index contributed by atoms with van der Waals surface area (Å²) in [6.07, 6.45) is 2.15.